The van der Waals surface area contributed by atoms with Crippen molar-refractivity contribution < 1.29 is 9.59 Å². The fourth-order valence-electron chi connectivity index (χ4n) is 3.05. The summed E-state index contributed by atoms with van der Waals surface area (Å²) in [6.07, 6.45) is 2.35. The van der Waals surface area contributed by atoms with Gasteiger partial charge in [-0.25, -0.2) is 0 Å². The maximum absolute atomic E-state index is 12.4. The van der Waals surface area contributed by atoms with Gasteiger partial charge in [0, 0.05) is 36.3 Å². The molecule has 1 aromatic rings. The molecule has 2 aliphatic rings. The Labute approximate surface area is 135 Å². The van der Waals surface area contributed by atoms with Crippen LogP contribution < -0.4 is 15.5 Å². The molecule has 0 radical (unpaired) electrons. The molecule has 2 amide bonds. The van der Waals surface area contributed by atoms with Gasteiger partial charge >= 0.3 is 0 Å². The van der Waals surface area contributed by atoms with Crippen molar-refractivity contribution in [3.8, 4) is 0 Å². The van der Waals surface area contributed by atoms with Crippen molar-refractivity contribution in [3.63, 3.8) is 0 Å². The highest BCUT2D eigenvalue weighted by Crippen LogP contribution is 2.26. The number of hydrogen-bond donors (Lipinski definition) is 2. The fraction of sp³-hybridized carbons (Fsp3) is 0.500. The zero-order valence-corrected chi connectivity index (χ0v) is 13.1. The highest BCUT2D eigenvalue weighted by molar-refractivity contribution is 6.30. The van der Waals surface area contributed by atoms with Crippen LogP contribution in [0.4, 0.5) is 5.69 Å². The molecular formula is C16H20ClN3O2. The zero-order valence-electron chi connectivity index (χ0n) is 12.3. The van der Waals surface area contributed by atoms with Gasteiger partial charge in [0.25, 0.3) is 0 Å². The molecule has 118 valence electrons. The Balaban J connectivity index is 1.61. The second-order valence-corrected chi connectivity index (χ2v) is 6.37. The van der Waals surface area contributed by atoms with Gasteiger partial charge in [-0.15, -0.1) is 0 Å². The van der Waals surface area contributed by atoms with Crippen molar-refractivity contribution in [1.82, 2.24) is 10.6 Å². The summed E-state index contributed by atoms with van der Waals surface area (Å²) in [4.78, 5) is 26.2. The Morgan fingerprint density at radius 1 is 1.32 bits per heavy atom. The summed E-state index contributed by atoms with van der Waals surface area (Å²) in [5.41, 5.74) is 0.795. The van der Waals surface area contributed by atoms with Gasteiger partial charge in [0.1, 0.15) is 0 Å². The Bertz CT molecular complexity index is 555. The van der Waals surface area contributed by atoms with E-state index in [2.05, 4.69) is 10.6 Å². The van der Waals surface area contributed by atoms with E-state index in [-0.39, 0.29) is 30.2 Å². The number of nitrogens with zero attached hydrogens (tertiary/aromatic N) is 1. The molecule has 0 spiro atoms. The molecule has 2 fully saturated rings. The summed E-state index contributed by atoms with van der Waals surface area (Å²) in [5.74, 6) is -0.298. The molecule has 3 rings (SSSR count). The van der Waals surface area contributed by atoms with Crippen LogP contribution in [0.25, 0.3) is 0 Å². The minimum Gasteiger partial charge on any atom is -0.352 e. The molecule has 2 N–H and O–H groups in total. The largest absolute Gasteiger partial charge is 0.352 e. The summed E-state index contributed by atoms with van der Waals surface area (Å²) in [7, 11) is 0. The van der Waals surface area contributed by atoms with Crippen LogP contribution in [0.5, 0.6) is 0 Å². The van der Waals surface area contributed by atoms with Crippen molar-refractivity contribution in [2.45, 2.75) is 25.3 Å². The summed E-state index contributed by atoms with van der Waals surface area (Å²) in [6.45, 7) is 2.26. The number of hydrogen-bond acceptors (Lipinski definition) is 3. The monoisotopic (exact) mass is 321 g/mol. The third kappa shape index (κ3) is 3.42. The molecule has 0 aromatic heterocycles. The summed E-state index contributed by atoms with van der Waals surface area (Å²) in [5, 5.41) is 6.97. The molecule has 0 aliphatic carbocycles. The van der Waals surface area contributed by atoms with E-state index in [1.165, 1.54) is 0 Å². The molecule has 0 bridgehead atoms. The topological polar surface area (TPSA) is 61.4 Å². The Kier molecular flexibility index (Phi) is 4.64. The maximum Gasteiger partial charge on any atom is 0.227 e. The molecule has 0 saturated carbocycles. The minimum atomic E-state index is -0.273. The van der Waals surface area contributed by atoms with Gasteiger partial charge < -0.3 is 15.5 Å². The first-order valence-corrected chi connectivity index (χ1v) is 8.08. The van der Waals surface area contributed by atoms with Gasteiger partial charge in [-0.2, -0.15) is 0 Å². The highest BCUT2D eigenvalue weighted by Gasteiger charge is 2.35. The number of halogens is 1. The molecule has 1 unspecified atom stereocenters. The molecule has 6 heteroatoms. The summed E-state index contributed by atoms with van der Waals surface area (Å²) < 4.78 is 0. The number of piperidine rings is 1. The van der Waals surface area contributed by atoms with E-state index in [4.69, 9.17) is 11.6 Å². The lowest BCUT2D eigenvalue weighted by molar-refractivity contribution is -0.127. The van der Waals surface area contributed by atoms with E-state index < -0.39 is 0 Å². The van der Waals surface area contributed by atoms with Crippen LogP contribution in [-0.2, 0) is 9.59 Å². The second-order valence-electron chi connectivity index (χ2n) is 5.93. The third-order valence-electron chi connectivity index (χ3n) is 4.28. The average Bonchev–Trinajstić information content (AvgIpc) is 2.91. The number of carbonyl (C=O) groups excluding carboxylic acids is 2. The SMILES string of the molecule is O=C(N[C@H]1CCCNC1)C1CC(=O)N(c2ccc(Cl)cc2)C1. The van der Waals surface area contributed by atoms with E-state index in [0.29, 0.717) is 11.6 Å². The number of nitrogens with one attached hydrogen (secondary N) is 2. The summed E-state index contributed by atoms with van der Waals surface area (Å²) in [6, 6.07) is 7.31. The van der Waals surface area contributed by atoms with Gasteiger partial charge in [-0.3, -0.25) is 9.59 Å². The first-order valence-electron chi connectivity index (χ1n) is 7.70. The first kappa shape index (κ1) is 15.3. The van der Waals surface area contributed by atoms with Gasteiger partial charge in [-0.05, 0) is 43.7 Å². The van der Waals surface area contributed by atoms with E-state index in [1.54, 1.807) is 17.0 Å². The Morgan fingerprint density at radius 2 is 2.09 bits per heavy atom. The average molecular weight is 322 g/mol. The molecule has 2 saturated heterocycles. The van der Waals surface area contributed by atoms with Crippen LogP contribution in [0.3, 0.4) is 0 Å². The second kappa shape index (κ2) is 6.67. The first-order chi connectivity index (χ1) is 10.6. The third-order valence-corrected chi connectivity index (χ3v) is 4.53. The van der Waals surface area contributed by atoms with Gasteiger partial charge in [0.2, 0.25) is 11.8 Å². The molecule has 5 nitrogen and oxygen atoms in total. The van der Waals surface area contributed by atoms with E-state index in [1.807, 2.05) is 12.1 Å². The number of benzene rings is 1. The van der Waals surface area contributed by atoms with Crippen LogP contribution in [0, 0.1) is 5.92 Å². The maximum atomic E-state index is 12.4. The minimum absolute atomic E-state index is 0.00996. The van der Waals surface area contributed by atoms with E-state index in [0.717, 1.165) is 31.6 Å². The number of anilines is 1. The van der Waals surface area contributed by atoms with Crippen molar-refractivity contribution in [2.24, 2.45) is 5.92 Å². The molecule has 2 atom stereocenters. The molecule has 1 aromatic carbocycles. The lowest BCUT2D eigenvalue weighted by Gasteiger charge is -2.25. The van der Waals surface area contributed by atoms with Gasteiger partial charge in [0.15, 0.2) is 0 Å². The fourth-order valence-corrected chi connectivity index (χ4v) is 3.17. The number of amides is 2. The number of rotatable bonds is 3. The predicted octanol–water partition coefficient (Wildman–Crippen LogP) is 1.56. The molecule has 22 heavy (non-hydrogen) atoms. The molecule has 2 heterocycles. The molecular weight excluding hydrogens is 302 g/mol. The Morgan fingerprint density at radius 3 is 2.77 bits per heavy atom. The van der Waals surface area contributed by atoms with Crippen molar-refractivity contribution in [3.05, 3.63) is 29.3 Å². The summed E-state index contributed by atoms with van der Waals surface area (Å²) >= 11 is 5.87. The van der Waals surface area contributed by atoms with Crippen LogP contribution in [0.15, 0.2) is 24.3 Å². The van der Waals surface area contributed by atoms with Crippen molar-refractivity contribution in [1.29, 1.82) is 0 Å². The van der Waals surface area contributed by atoms with E-state index >= 15 is 0 Å². The zero-order chi connectivity index (χ0) is 15.5. The highest BCUT2D eigenvalue weighted by atomic mass is 35.5. The quantitative estimate of drug-likeness (QED) is 0.888. The van der Waals surface area contributed by atoms with Crippen LogP contribution in [0.1, 0.15) is 19.3 Å². The van der Waals surface area contributed by atoms with Crippen LogP contribution in [0.2, 0.25) is 5.02 Å². The standard InChI is InChI=1S/C16H20ClN3O2/c17-12-3-5-14(6-4-12)20-10-11(8-15(20)21)16(22)19-13-2-1-7-18-9-13/h3-6,11,13,18H,1-2,7-10H2,(H,19,22)/t11?,13-/m0/s1. The Hall–Kier alpha value is -1.59. The van der Waals surface area contributed by atoms with Crippen LogP contribution >= 0.6 is 11.6 Å². The van der Waals surface area contributed by atoms with Gasteiger partial charge in [-0.1, -0.05) is 11.6 Å². The lowest BCUT2D eigenvalue weighted by atomic mass is 10.0. The normalized spacial score (nSPS) is 25.3. The lowest BCUT2D eigenvalue weighted by Crippen LogP contribution is -2.47. The van der Waals surface area contributed by atoms with E-state index in [9.17, 15) is 9.59 Å². The predicted molar refractivity (Wildman–Crippen MR) is 85.9 cm³/mol. The van der Waals surface area contributed by atoms with Gasteiger partial charge in [0.05, 0.1) is 5.92 Å². The smallest absolute Gasteiger partial charge is 0.227 e. The molecule has 2 aliphatic heterocycles. The van der Waals surface area contributed by atoms with Crippen molar-refractivity contribution in [2.75, 3.05) is 24.5 Å². The van der Waals surface area contributed by atoms with Crippen molar-refractivity contribution >= 4 is 29.1 Å². The number of carbonyl (C=O) groups is 2. The van der Waals surface area contributed by atoms with Crippen LogP contribution in [-0.4, -0.2) is 37.5 Å².